The molecule has 4 rings (SSSR count). The Morgan fingerprint density at radius 1 is 1.12 bits per heavy atom. The maximum Gasteiger partial charge on any atom is 4.00 e. The summed E-state index contributed by atoms with van der Waals surface area (Å²) >= 11 is 0. The van der Waals surface area contributed by atoms with Gasteiger partial charge in [-0.1, -0.05) is 37.6 Å². The van der Waals surface area contributed by atoms with Gasteiger partial charge >= 0.3 is 26.2 Å². The second-order valence-corrected chi connectivity index (χ2v) is 8.89. The Morgan fingerprint density at radius 2 is 1.88 bits per heavy atom. The molecule has 2 aliphatic rings. The average Bonchev–Trinajstić information content (AvgIpc) is 3.11. The van der Waals surface area contributed by atoms with Crippen LogP contribution in [0.1, 0.15) is 13.3 Å². The number of hydrogen-bond donors (Lipinski definition) is 0. The van der Waals surface area contributed by atoms with Gasteiger partial charge in [0.05, 0.1) is 0 Å². The van der Waals surface area contributed by atoms with Crippen LogP contribution in [-0.2, 0) is 26.2 Å². The van der Waals surface area contributed by atoms with Crippen molar-refractivity contribution in [3.8, 4) is 0 Å². The summed E-state index contributed by atoms with van der Waals surface area (Å²) in [5.74, 6) is 1.43. The van der Waals surface area contributed by atoms with Gasteiger partial charge < -0.3 is 31.2 Å². The molecule has 1 fully saturated rings. The Kier molecular flexibility index (Phi) is 9.06. The van der Waals surface area contributed by atoms with Crippen LogP contribution >= 0.6 is 7.92 Å². The predicted octanol–water partition coefficient (Wildman–Crippen LogP) is -0.974. The topological polar surface area (TPSA) is 0 Å². The normalized spacial score (nSPS) is 25.3. The molecule has 0 saturated heterocycles. The van der Waals surface area contributed by atoms with Crippen molar-refractivity contribution >= 4 is 24.0 Å². The molecule has 0 aromatic heterocycles. The van der Waals surface area contributed by atoms with Crippen LogP contribution in [-0.4, -0.2) is 11.8 Å². The van der Waals surface area contributed by atoms with Crippen LogP contribution in [0.3, 0.4) is 0 Å². The quantitative estimate of drug-likeness (QED) is 0.414. The summed E-state index contributed by atoms with van der Waals surface area (Å²) in [6, 6.07) is 13.6. The minimum absolute atomic E-state index is 0. The van der Waals surface area contributed by atoms with Crippen molar-refractivity contribution in [3.05, 3.63) is 67.1 Å². The molecular formula is C20H21Cl2PZr. The van der Waals surface area contributed by atoms with Crippen LogP contribution < -0.4 is 30.1 Å². The van der Waals surface area contributed by atoms with Gasteiger partial charge in [-0.2, -0.15) is 6.07 Å². The maximum atomic E-state index is 2.64. The van der Waals surface area contributed by atoms with Gasteiger partial charge in [0.25, 0.3) is 0 Å². The Labute approximate surface area is 178 Å². The molecule has 0 heterocycles. The van der Waals surface area contributed by atoms with Crippen molar-refractivity contribution in [1.82, 2.24) is 0 Å². The zero-order chi connectivity index (χ0) is 14.2. The largest absolute Gasteiger partial charge is 4.00 e. The van der Waals surface area contributed by atoms with Crippen LogP contribution in [0, 0.1) is 18.3 Å². The molecule has 0 nitrogen and oxygen atoms in total. The van der Waals surface area contributed by atoms with E-state index in [9.17, 15) is 0 Å². The molecule has 0 bridgehead atoms. The third kappa shape index (κ3) is 4.30. The Balaban J connectivity index is 0.000000960. The molecule has 0 spiro atoms. The number of allylic oxidation sites excluding steroid dienone is 4. The van der Waals surface area contributed by atoms with Crippen molar-refractivity contribution in [2.75, 3.05) is 6.16 Å². The summed E-state index contributed by atoms with van der Waals surface area (Å²) in [5, 5.41) is 4.41. The zero-order valence-corrected chi connectivity index (χ0v) is 18.6. The second kappa shape index (κ2) is 9.78. The van der Waals surface area contributed by atoms with E-state index in [0.717, 1.165) is 11.6 Å². The van der Waals surface area contributed by atoms with E-state index in [-0.39, 0.29) is 58.9 Å². The van der Waals surface area contributed by atoms with Gasteiger partial charge in [-0.15, -0.1) is 65.9 Å². The van der Waals surface area contributed by atoms with Crippen molar-refractivity contribution < 1.29 is 51.0 Å². The van der Waals surface area contributed by atoms with Gasteiger partial charge in [0.1, 0.15) is 0 Å². The molecule has 2 aromatic carbocycles. The minimum atomic E-state index is -0.0617. The third-order valence-electron chi connectivity index (χ3n) is 4.93. The average molecular weight is 454 g/mol. The van der Waals surface area contributed by atoms with Crippen molar-refractivity contribution in [1.29, 1.82) is 0 Å². The molecule has 0 aliphatic heterocycles. The smallest absolute Gasteiger partial charge is 1.00 e. The minimum Gasteiger partial charge on any atom is -1.00 e. The summed E-state index contributed by atoms with van der Waals surface area (Å²) in [5.41, 5.74) is 0.782. The number of rotatable bonds is 3. The second-order valence-electron chi connectivity index (χ2n) is 6.13. The standard InChI is InChI=1S/C20H21P.2ClH.Zr/c1-2-21(19-11-15-7-3-4-8-16(15)12-19)20-13-17-9-5-6-10-18(17)14-20;;;/h3-13,17-18,20H,2,14H2,1H3;2*1H;/q-2;;;+4/p-2. The molecule has 0 amide bonds. The van der Waals surface area contributed by atoms with Gasteiger partial charge in [-0.25, -0.2) is 0 Å². The van der Waals surface area contributed by atoms with Crippen LogP contribution in [0.5, 0.6) is 0 Å². The first-order valence-electron chi connectivity index (χ1n) is 7.97. The van der Waals surface area contributed by atoms with Gasteiger partial charge in [-0.3, -0.25) is 0 Å². The van der Waals surface area contributed by atoms with Crippen LogP contribution in [0.2, 0.25) is 0 Å². The summed E-state index contributed by atoms with van der Waals surface area (Å²) < 4.78 is 0. The van der Waals surface area contributed by atoms with Gasteiger partial charge in [0, 0.05) is 0 Å². The van der Waals surface area contributed by atoms with Crippen molar-refractivity contribution in [3.63, 3.8) is 0 Å². The number of fused-ring (bicyclic) bond motifs is 2. The monoisotopic (exact) mass is 452 g/mol. The van der Waals surface area contributed by atoms with Gasteiger partial charge in [-0.05, 0) is 12.1 Å². The van der Waals surface area contributed by atoms with Crippen LogP contribution in [0.25, 0.3) is 10.8 Å². The molecule has 0 radical (unpaired) electrons. The number of hydrogen-bond acceptors (Lipinski definition) is 0. The van der Waals surface area contributed by atoms with E-state index in [1.165, 1.54) is 23.4 Å². The van der Waals surface area contributed by atoms with E-state index in [4.69, 9.17) is 0 Å². The molecule has 4 atom stereocenters. The van der Waals surface area contributed by atoms with Crippen molar-refractivity contribution in [2.24, 2.45) is 11.8 Å². The third-order valence-corrected chi connectivity index (χ3v) is 7.72. The molecule has 124 valence electrons. The zero-order valence-electron chi connectivity index (χ0n) is 13.7. The van der Waals surface area contributed by atoms with E-state index in [0.29, 0.717) is 5.92 Å². The Morgan fingerprint density at radius 3 is 2.58 bits per heavy atom. The molecular weight excluding hydrogens is 433 g/mol. The number of benzene rings is 1. The molecule has 24 heavy (non-hydrogen) atoms. The summed E-state index contributed by atoms with van der Waals surface area (Å²) in [7, 11) is -0.0617. The van der Waals surface area contributed by atoms with Crippen LogP contribution in [0.4, 0.5) is 0 Å². The first-order valence-corrected chi connectivity index (χ1v) is 9.57. The summed E-state index contributed by atoms with van der Waals surface area (Å²) in [6.45, 7) is 2.37. The first kappa shape index (κ1) is 22.2. The fraction of sp³-hybridized carbons (Fsp3) is 0.300. The van der Waals surface area contributed by atoms with E-state index >= 15 is 0 Å². The summed E-state index contributed by atoms with van der Waals surface area (Å²) in [6.07, 6.45) is 14.5. The van der Waals surface area contributed by atoms with Gasteiger partial charge in [0.15, 0.2) is 0 Å². The molecule has 0 N–H and O–H groups in total. The van der Waals surface area contributed by atoms with Gasteiger partial charge in [0.2, 0.25) is 0 Å². The van der Waals surface area contributed by atoms with E-state index in [1.807, 2.05) is 0 Å². The molecule has 4 unspecified atom stereocenters. The van der Waals surface area contributed by atoms with E-state index in [1.54, 1.807) is 5.30 Å². The molecule has 2 aromatic rings. The molecule has 1 saturated carbocycles. The van der Waals surface area contributed by atoms with Crippen LogP contribution in [0.15, 0.2) is 60.7 Å². The SMILES string of the molecule is CCP(c1cc2ccccc2[cH-]1)C1[CH-]C2C=CC=CC2C1.[Cl-].[Cl-].[Zr+4]. The fourth-order valence-electron chi connectivity index (χ4n) is 3.87. The molecule has 4 heteroatoms. The first-order chi connectivity index (χ1) is 10.3. The number of halogens is 2. The summed E-state index contributed by atoms with van der Waals surface area (Å²) in [4.78, 5) is 0. The fourth-order valence-corrected chi connectivity index (χ4v) is 6.60. The maximum absolute atomic E-state index is 2.64. The Bertz CT molecular complexity index is 653. The Hall–Kier alpha value is 0.203. The van der Waals surface area contributed by atoms with Crippen molar-refractivity contribution in [2.45, 2.75) is 19.0 Å². The van der Waals surface area contributed by atoms with E-state index in [2.05, 4.69) is 74.0 Å². The van der Waals surface area contributed by atoms with E-state index < -0.39 is 0 Å². The molecule has 2 aliphatic carbocycles. The predicted molar refractivity (Wildman–Crippen MR) is 94.6 cm³/mol.